The Bertz CT molecular complexity index is 579. The summed E-state index contributed by atoms with van der Waals surface area (Å²) in [4.78, 5) is 0. The van der Waals surface area contributed by atoms with Gasteiger partial charge in [0.25, 0.3) is 0 Å². The van der Waals surface area contributed by atoms with Crippen molar-refractivity contribution < 1.29 is 14.6 Å². The fourth-order valence-electron chi connectivity index (χ4n) is 2.14. The average Bonchev–Trinajstić information content (AvgIpc) is 2.46. The van der Waals surface area contributed by atoms with E-state index in [0.717, 1.165) is 23.3 Å². The molecular formula is C17H21NO3. The van der Waals surface area contributed by atoms with Crippen LogP contribution >= 0.6 is 0 Å². The predicted octanol–water partition coefficient (Wildman–Crippen LogP) is 2.87. The van der Waals surface area contributed by atoms with Crippen LogP contribution in [0.25, 0.3) is 0 Å². The van der Waals surface area contributed by atoms with Crippen molar-refractivity contribution >= 4 is 0 Å². The zero-order valence-corrected chi connectivity index (χ0v) is 12.4. The third kappa shape index (κ3) is 4.13. The van der Waals surface area contributed by atoms with Crippen molar-refractivity contribution in [2.24, 2.45) is 5.73 Å². The quantitative estimate of drug-likeness (QED) is 0.857. The Morgan fingerprint density at radius 2 is 1.86 bits per heavy atom. The Labute approximate surface area is 125 Å². The second kappa shape index (κ2) is 6.99. The van der Waals surface area contributed by atoms with Crippen molar-refractivity contribution in [2.75, 3.05) is 7.11 Å². The molecule has 2 aromatic carbocycles. The van der Waals surface area contributed by atoms with Crippen LogP contribution in [-0.2, 0) is 13.0 Å². The van der Waals surface area contributed by atoms with Gasteiger partial charge >= 0.3 is 0 Å². The van der Waals surface area contributed by atoms with E-state index in [9.17, 15) is 5.11 Å². The fourth-order valence-corrected chi connectivity index (χ4v) is 2.14. The summed E-state index contributed by atoms with van der Waals surface area (Å²) in [7, 11) is 1.62. The van der Waals surface area contributed by atoms with Gasteiger partial charge in [-0.25, -0.2) is 0 Å². The van der Waals surface area contributed by atoms with Gasteiger partial charge in [-0.3, -0.25) is 0 Å². The molecule has 3 N–H and O–H groups in total. The smallest absolute Gasteiger partial charge is 0.164 e. The standard InChI is InChI=1S/C17H21NO3/c1-12(18)10-14-4-3-5-16(20-2)17(14)21-11-13-6-8-15(19)9-7-13/h3-9,12,19H,10-11,18H2,1-2H3. The van der Waals surface area contributed by atoms with Gasteiger partial charge in [0.1, 0.15) is 12.4 Å². The predicted molar refractivity (Wildman–Crippen MR) is 82.8 cm³/mol. The van der Waals surface area contributed by atoms with E-state index in [1.54, 1.807) is 19.2 Å². The van der Waals surface area contributed by atoms with Crippen LogP contribution in [0.2, 0.25) is 0 Å². The highest BCUT2D eigenvalue weighted by Crippen LogP contribution is 2.32. The number of benzene rings is 2. The largest absolute Gasteiger partial charge is 0.508 e. The molecule has 0 saturated heterocycles. The fraction of sp³-hybridized carbons (Fsp3) is 0.294. The first kappa shape index (κ1) is 15.2. The topological polar surface area (TPSA) is 64.7 Å². The van der Waals surface area contributed by atoms with Gasteiger partial charge in [-0.2, -0.15) is 0 Å². The molecule has 0 amide bonds. The maximum absolute atomic E-state index is 9.29. The number of hydrogen-bond acceptors (Lipinski definition) is 4. The lowest BCUT2D eigenvalue weighted by molar-refractivity contribution is 0.281. The molecule has 4 heteroatoms. The highest BCUT2D eigenvalue weighted by atomic mass is 16.5. The average molecular weight is 287 g/mol. The van der Waals surface area contributed by atoms with Crippen molar-refractivity contribution in [1.29, 1.82) is 0 Å². The molecule has 0 aliphatic heterocycles. The summed E-state index contributed by atoms with van der Waals surface area (Å²) in [6, 6.07) is 12.8. The van der Waals surface area contributed by atoms with E-state index in [1.807, 2.05) is 37.3 Å². The van der Waals surface area contributed by atoms with E-state index in [1.165, 1.54) is 0 Å². The van der Waals surface area contributed by atoms with E-state index in [0.29, 0.717) is 12.4 Å². The molecule has 1 unspecified atom stereocenters. The minimum Gasteiger partial charge on any atom is -0.508 e. The van der Waals surface area contributed by atoms with Crippen LogP contribution < -0.4 is 15.2 Å². The van der Waals surface area contributed by atoms with Gasteiger partial charge in [-0.05, 0) is 42.7 Å². The molecule has 0 aliphatic carbocycles. The number of ether oxygens (including phenoxy) is 2. The summed E-state index contributed by atoms with van der Waals surface area (Å²) in [6.07, 6.45) is 0.724. The number of aromatic hydroxyl groups is 1. The summed E-state index contributed by atoms with van der Waals surface area (Å²) in [5, 5.41) is 9.29. The molecule has 4 nitrogen and oxygen atoms in total. The lowest BCUT2D eigenvalue weighted by Crippen LogP contribution is -2.18. The summed E-state index contributed by atoms with van der Waals surface area (Å²) >= 11 is 0. The Hall–Kier alpha value is -2.20. The van der Waals surface area contributed by atoms with E-state index < -0.39 is 0 Å². The van der Waals surface area contributed by atoms with Gasteiger partial charge in [-0.1, -0.05) is 24.3 Å². The number of rotatable bonds is 6. The molecular weight excluding hydrogens is 266 g/mol. The van der Waals surface area contributed by atoms with Gasteiger partial charge in [-0.15, -0.1) is 0 Å². The number of phenolic OH excluding ortho intramolecular Hbond substituents is 1. The maximum atomic E-state index is 9.29. The third-order valence-electron chi connectivity index (χ3n) is 3.14. The van der Waals surface area contributed by atoms with Crippen molar-refractivity contribution in [3.63, 3.8) is 0 Å². The highest BCUT2D eigenvalue weighted by molar-refractivity contribution is 5.47. The summed E-state index contributed by atoms with van der Waals surface area (Å²) < 4.78 is 11.3. The van der Waals surface area contributed by atoms with Crippen LogP contribution in [0.15, 0.2) is 42.5 Å². The molecule has 0 fully saturated rings. The zero-order valence-electron chi connectivity index (χ0n) is 12.4. The lowest BCUT2D eigenvalue weighted by atomic mass is 10.1. The third-order valence-corrected chi connectivity index (χ3v) is 3.14. The summed E-state index contributed by atoms with van der Waals surface area (Å²) in [6.45, 7) is 2.37. The zero-order chi connectivity index (χ0) is 15.2. The molecule has 0 aliphatic rings. The normalized spacial score (nSPS) is 12.0. The first-order chi connectivity index (χ1) is 10.1. The van der Waals surface area contributed by atoms with Gasteiger partial charge in [0.2, 0.25) is 0 Å². The minimum absolute atomic E-state index is 0.0492. The number of methoxy groups -OCH3 is 1. The van der Waals surface area contributed by atoms with E-state index >= 15 is 0 Å². The minimum atomic E-state index is 0.0492. The van der Waals surface area contributed by atoms with Gasteiger partial charge in [0, 0.05) is 6.04 Å². The van der Waals surface area contributed by atoms with Crippen LogP contribution in [0.3, 0.4) is 0 Å². The molecule has 1 atom stereocenters. The Morgan fingerprint density at radius 3 is 2.48 bits per heavy atom. The second-order valence-electron chi connectivity index (χ2n) is 5.09. The monoisotopic (exact) mass is 287 g/mol. The van der Waals surface area contributed by atoms with Crippen LogP contribution in [0.1, 0.15) is 18.1 Å². The van der Waals surface area contributed by atoms with Crippen molar-refractivity contribution in [3.8, 4) is 17.2 Å². The molecule has 0 radical (unpaired) electrons. The number of para-hydroxylation sites is 1. The molecule has 21 heavy (non-hydrogen) atoms. The first-order valence-corrected chi connectivity index (χ1v) is 6.92. The second-order valence-corrected chi connectivity index (χ2v) is 5.09. The summed E-state index contributed by atoms with van der Waals surface area (Å²) in [5.74, 6) is 1.67. The van der Waals surface area contributed by atoms with Crippen molar-refractivity contribution in [1.82, 2.24) is 0 Å². The Balaban J connectivity index is 2.18. The Kier molecular flexibility index (Phi) is 5.06. The molecule has 2 rings (SSSR count). The molecule has 112 valence electrons. The van der Waals surface area contributed by atoms with Crippen molar-refractivity contribution in [3.05, 3.63) is 53.6 Å². The molecule has 0 aromatic heterocycles. The van der Waals surface area contributed by atoms with Gasteiger partial charge < -0.3 is 20.3 Å². The van der Waals surface area contributed by atoms with Gasteiger partial charge in [0.15, 0.2) is 11.5 Å². The molecule has 0 bridgehead atoms. The Morgan fingerprint density at radius 1 is 1.14 bits per heavy atom. The summed E-state index contributed by atoms with van der Waals surface area (Å²) in [5.41, 5.74) is 7.89. The van der Waals surface area contributed by atoms with Crippen LogP contribution in [0.5, 0.6) is 17.2 Å². The molecule has 2 aromatic rings. The van der Waals surface area contributed by atoms with E-state index in [-0.39, 0.29) is 11.8 Å². The van der Waals surface area contributed by atoms with Crippen molar-refractivity contribution in [2.45, 2.75) is 26.0 Å². The maximum Gasteiger partial charge on any atom is 0.164 e. The highest BCUT2D eigenvalue weighted by Gasteiger charge is 2.12. The van der Waals surface area contributed by atoms with Crippen LogP contribution in [0.4, 0.5) is 0 Å². The number of nitrogens with two attached hydrogens (primary N) is 1. The van der Waals surface area contributed by atoms with E-state index in [2.05, 4.69) is 0 Å². The SMILES string of the molecule is COc1cccc(CC(C)N)c1OCc1ccc(O)cc1. The molecule has 0 spiro atoms. The molecule has 0 heterocycles. The van der Waals surface area contributed by atoms with E-state index in [4.69, 9.17) is 15.2 Å². The molecule has 0 saturated carbocycles. The van der Waals surface area contributed by atoms with Crippen LogP contribution in [-0.4, -0.2) is 18.3 Å². The number of phenols is 1. The van der Waals surface area contributed by atoms with Gasteiger partial charge in [0.05, 0.1) is 7.11 Å². The number of hydrogen-bond donors (Lipinski definition) is 2. The van der Waals surface area contributed by atoms with Crippen LogP contribution in [0, 0.1) is 0 Å². The first-order valence-electron chi connectivity index (χ1n) is 6.92. The lowest BCUT2D eigenvalue weighted by Gasteiger charge is -2.16.